The van der Waals surface area contributed by atoms with E-state index < -0.39 is 59.2 Å². The van der Waals surface area contributed by atoms with Crippen LogP contribution in [-0.2, 0) is 35.2 Å². The van der Waals surface area contributed by atoms with Crippen molar-refractivity contribution >= 4 is 41.0 Å². The zero-order chi connectivity index (χ0) is 43.2. The third-order valence-electron chi connectivity index (χ3n) is 10.7. The fourth-order valence-corrected chi connectivity index (χ4v) is 7.81. The number of likely N-dealkylation sites (tertiary alicyclic amines) is 1. The molecule has 6 atom stereocenters. The molecule has 0 radical (unpaired) electrons. The number of carbonyl (C=O) groups is 5. The van der Waals surface area contributed by atoms with E-state index in [2.05, 4.69) is 21.5 Å². The van der Waals surface area contributed by atoms with Gasteiger partial charge in [0.2, 0.25) is 5.91 Å². The zero-order valence-corrected chi connectivity index (χ0v) is 36.0. The number of amides is 3. The summed E-state index contributed by atoms with van der Waals surface area (Å²) in [6, 6.07) is 3.19. The van der Waals surface area contributed by atoms with Crippen molar-refractivity contribution in [2.75, 3.05) is 20.2 Å². The molecule has 1 aliphatic rings. The highest BCUT2D eigenvalue weighted by atomic mass is 32.1. The van der Waals surface area contributed by atoms with Crippen molar-refractivity contribution in [2.24, 2.45) is 17.3 Å². The number of rotatable bonds is 22. The lowest BCUT2D eigenvalue weighted by molar-refractivity contribution is -0.213. The van der Waals surface area contributed by atoms with Crippen molar-refractivity contribution in [1.29, 1.82) is 0 Å². The zero-order valence-electron chi connectivity index (χ0n) is 35.2. The molecule has 58 heavy (non-hydrogen) atoms. The van der Waals surface area contributed by atoms with E-state index in [9.17, 15) is 33.5 Å². The molecule has 1 aromatic carbocycles. The Balaban J connectivity index is 1.94. The molecule has 1 aromatic heterocycles. The van der Waals surface area contributed by atoms with Crippen LogP contribution in [0.1, 0.15) is 127 Å². The number of carboxylic acids is 1. The molecule has 1 saturated heterocycles. The summed E-state index contributed by atoms with van der Waals surface area (Å²) >= 11 is 1.10. The van der Waals surface area contributed by atoms with Crippen LogP contribution in [-0.4, -0.2) is 94.1 Å². The van der Waals surface area contributed by atoms with E-state index in [0.717, 1.165) is 30.7 Å². The predicted molar refractivity (Wildman–Crippen MR) is 220 cm³/mol. The highest BCUT2D eigenvalue weighted by Gasteiger charge is 2.40. The minimum absolute atomic E-state index is 0.0289. The number of benzene rings is 1. The molecule has 1 fully saturated rings. The largest absolute Gasteiger partial charge is 0.481 e. The number of carbonyl (C=O) groups excluding carboxylic acids is 4. The summed E-state index contributed by atoms with van der Waals surface area (Å²) in [5.41, 5.74) is -0.452. The van der Waals surface area contributed by atoms with Crippen molar-refractivity contribution < 1.29 is 43.0 Å². The van der Waals surface area contributed by atoms with E-state index in [1.54, 1.807) is 26.0 Å². The normalized spacial score (nSPS) is 17.3. The van der Waals surface area contributed by atoms with Crippen LogP contribution < -0.4 is 10.6 Å². The number of aliphatic carboxylic acids is 1. The minimum Gasteiger partial charge on any atom is -0.481 e. The fourth-order valence-electron chi connectivity index (χ4n) is 6.98. The van der Waals surface area contributed by atoms with Gasteiger partial charge in [-0.3, -0.25) is 33.7 Å². The first-order valence-electron chi connectivity index (χ1n) is 20.2. The summed E-state index contributed by atoms with van der Waals surface area (Å²) in [7, 11) is 1.91. The molecule has 2 aromatic rings. The molecule has 15 heteroatoms. The average molecular weight is 828 g/mol. The van der Waals surface area contributed by atoms with Crippen molar-refractivity contribution in [1.82, 2.24) is 25.6 Å². The van der Waals surface area contributed by atoms with Crippen molar-refractivity contribution in [3.8, 4) is 12.3 Å². The van der Waals surface area contributed by atoms with Gasteiger partial charge in [0.1, 0.15) is 22.6 Å². The van der Waals surface area contributed by atoms with Gasteiger partial charge in [-0.05, 0) is 89.1 Å². The number of terminal acetylenes is 1. The lowest BCUT2D eigenvalue weighted by Crippen LogP contribution is -2.58. The third-order valence-corrected chi connectivity index (χ3v) is 11.6. The summed E-state index contributed by atoms with van der Waals surface area (Å²) in [5, 5.41) is 18.9. The molecule has 0 unspecified atom stereocenters. The Morgan fingerprint density at radius 3 is 2.41 bits per heavy atom. The average Bonchev–Trinajstić information content (AvgIpc) is 3.67. The fraction of sp³-hybridized carbons (Fsp3) is 0.628. The number of likely N-dealkylation sites (N-methyl/N-ethyl adjacent to an activating group) is 1. The number of carboxylic acid groups (broad SMARTS) is 1. The lowest BCUT2D eigenvalue weighted by Gasteiger charge is -2.39. The Labute approximate surface area is 346 Å². The number of thiazole rings is 1. The molecule has 3 rings (SSSR count). The molecule has 320 valence electrons. The number of nitrogens with one attached hydrogen (secondary N) is 2. The van der Waals surface area contributed by atoms with E-state index in [1.165, 1.54) is 29.5 Å². The van der Waals surface area contributed by atoms with Crippen LogP contribution in [0.25, 0.3) is 0 Å². The molecule has 2 heterocycles. The standard InChI is InChI=1S/C43H62FN5O8S/c1-10-12-15-22-56-49(41(53)37(28(5)11-2)47-39(52)34-16-13-14-21-48(34)9)35(27(3)4)24-36(57-29(6)50)40-46-33(26-58-40)38(51)45-32(25-43(7,8)42(54)55)23-30-17-19-31(44)20-18-30/h1,17-20,26-28,32,34-37H,11-16,21-25H2,2-9H3,(H,45,51)(H,47,52)(H,54,55)/t28-,32-,34+,35+,36+,37-/m0/s1. The summed E-state index contributed by atoms with van der Waals surface area (Å²) in [5.74, 6) is -1.16. The topological polar surface area (TPSA) is 167 Å². The van der Waals surface area contributed by atoms with E-state index in [0.29, 0.717) is 36.3 Å². The first kappa shape index (κ1) is 48.0. The van der Waals surface area contributed by atoms with Gasteiger partial charge >= 0.3 is 11.9 Å². The number of halogens is 1. The van der Waals surface area contributed by atoms with E-state index in [4.69, 9.17) is 16.0 Å². The van der Waals surface area contributed by atoms with Gasteiger partial charge in [-0.1, -0.05) is 52.7 Å². The van der Waals surface area contributed by atoms with E-state index >= 15 is 0 Å². The molecule has 3 amide bonds. The van der Waals surface area contributed by atoms with Crippen molar-refractivity contribution in [2.45, 2.75) is 137 Å². The van der Waals surface area contributed by atoms with Crippen LogP contribution in [0.3, 0.4) is 0 Å². The van der Waals surface area contributed by atoms with Gasteiger partial charge < -0.3 is 20.5 Å². The summed E-state index contributed by atoms with van der Waals surface area (Å²) in [6.07, 6.45) is 9.00. The SMILES string of the molecule is C#CCCCON(C(=O)[C@@H](NC(=O)[C@H]1CCCCN1C)[C@@H](C)CC)[C@H](C[C@@H](OC(C)=O)c1nc(C(=O)N[C@@H](Cc2ccc(F)cc2)CC(C)(C)C(=O)O)cs1)C(C)C. The first-order valence-corrected chi connectivity index (χ1v) is 21.1. The van der Waals surface area contributed by atoms with Crippen LogP contribution in [0.5, 0.6) is 0 Å². The van der Waals surface area contributed by atoms with Gasteiger partial charge in [-0.25, -0.2) is 14.4 Å². The number of hydrogen-bond acceptors (Lipinski definition) is 10. The number of hydroxylamine groups is 2. The third kappa shape index (κ3) is 14.2. The van der Waals surface area contributed by atoms with Gasteiger partial charge in [0, 0.05) is 31.2 Å². The number of nitrogens with zero attached hydrogens (tertiary/aromatic N) is 3. The molecule has 0 aliphatic carbocycles. The smallest absolute Gasteiger partial charge is 0.309 e. The molecule has 1 aliphatic heterocycles. The Morgan fingerprint density at radius 1 is 1.14 bits per heavy atom. The maximum atomic E-state index is 14.7. The number of unbranched alkanes of at least 4 members (excludes halogenated alkanes) is 1. The van der Waals surface area contributed by atoms with Crippen LogP contribution in [0, 0.1) is 35.4 Å². The van der Waals surface area contributed by atoms with E-state index in [1.807, 2.05) is 39.6 Å². The number of hydrogen-bond donors (Lipinski definition) is 3. The molecule has 0 saturated carbocycles. The van der Waals surface area contributed by atoms with Gasteiger partial charge in [-0.2, -0.15) is 0 Å². The van der Waals surface area contributed by atoms with Gasteiger partial charge in [0.25, 0.3) is 11.8 Å². The monoisotopic (exact) mass is 827 g/mol. The van der Waals surface area contributed by atoms with Gasteiger partial charge in [0.15, 0.2) is 6.10 Å². The number of ether oxygens (including phenoxy) is 1. The highest BCUT2D eigenvalue weighted by Crippen LogP contribution is 2.32. The minimum atomic E-state index is -1.19. The summed E-state index contributed by atoms with van der Waals surface area (Å²) in [4.78, 5) is 79.4. The number of esters is 1. The first-order chi connectivity index (χ1) is 27.4. The maximum absolute atomic E-state index is 14.7. The molecular weight excluding hydrogens is 766 g/mol. The molecular formula is C43H62FN5O8S. The molecule has 0 bridgehead atoms. The number of piperidine rings is 1. The van der Waals surface area contributed by atoms with Gasteiger partial charge in [0.05, 0.1) is 24.1 Å². The van der Waals surface area contributed by atoms with Crippen LogP contribution in [0.15, 0.2) is 29.6 Å². The second-order valence-corrected chi connectivity index (χ2v) is 17.2. The van der Waals surface area contributed by atoms with Crippen LogP contribution in [0.4, 0.5) is 4.39 Å². The molecule has 0 spiro atoms. The Kier molecular flexibility index (Phi) is 18.8. The van der Waals surface area contributed by atoms with Crippen LogP contribution >= 0.6 is 11.3 Å². The predicted octanol–water partition coefficient (Wildman–Crippen LogP) is 6.33. The highest BCUT2D eigenvalue weighted by molar-refractivity contribution is 7.09. The van der Waals surface area contributed by atoms with Gasteiger partial charge in [-0.15, -0.1) is 23.7 Å². The second-order valence-electron chi connectivity index (χ2n) is 16.3. The molecule has 3 N–H and O–H groups in total. The summed E-state index contributed by atoms with van der Waals surface area (Å²) < 4.78 is 19.5. The van der Waals surface area contributed by atoms with E-state index in [-0.39, 0.29) is 55.3 Å². The second kappa shape index (κ2) is 22.7. The number of aromatic nitrogens is 1. The Morgan fingerprint density at radius 2 is 1.83 bits per heavy atom. The van der Waals surface area contributed by atoms with Crippen molar-refractivity contribution in [3.05, 3.63) is 51.7 Å². The Bertz CT molecular complexity index is 1730. The lowest BCUT2D eigenvalue weighted by atomic mass is 9.84. The van der Waals surface area contributed by atoms with Crippen LogP contribution in [0.2, 0.25) is 0 Å². The Hall–Kier alpha value is -4.39. The quantitative estimate of drug-likeness (QED) is 0.0528. The summed E-state index contributed by atoms with van der Waals surface area (Å²) in [6.45, 7) is 13.0. The van der Waals surface area contributed by atoms with Crippen molar-refractivity contribution in [3.63, 3.8) is 0 Å². The maximum Gasteiger partial charge on any atom is 0.309 e. The molecule has 13 nitrogen and oxygen atoms in total.